The SMILES string of the molecule is C1CNCC(C2OCCCCO2)OC1. The molecule has 4 nitrogen and oxygen atoms in total. The molecule has 2 heterocycles. The quantitative estimate of drug-likeness (QED) is 0.671. The largest absolute Gasteiger partial charge is 0.372 e. The number of nitrogens with one attached hydrogen (secondary N) is 1. The Bertz CT molecular complexity index is 131. The molecular weight excluding hydrogens is 182 g/mol. The smallest absolute Gasteiger partial charge is 0.184 e. The van der Waals surface area contributed by atoms with Gasteiger partial charge in [0.15, 0.2) is 6.29 Å². The third kappa shape index (κ3) is 2.92. The van der Waals surface area contributed by atoms with Crippen LogP contribution in [0.3, 0.4) is 0 Å². The predicted molar refractivity (Wildman–Crippen MR) is 52.2 cm³/mol. The monoisotopic (exact) mass is 201 g/mol. The Morgan fingerprint density at radius 1 is 0.857 bits per heavy atom. The molecule has 2 rings (SSSR count). The molecule has 82 valence electrons. The normalized spacial score (nSPS) is 32.1. The van der Waals surface area contributed by atoms with Crippen LogP contribution in [0.4, 0.5) is 0 Å². The third-order valence-electron chi connectivity index (χ3n) is 2.58. The van der Waals surface area contributed by atoms with Gasteiger partial charge in [-0.3, -0.25) is 0 Å². The predicted octanol–water partition coefficient (Wildman–Crippen LogP) is 0.518. The molecule has 1 unspecified atom stereocenters. The maximum Gasteiger partial charge on any atom is 0.184 e. The van der Waals surface area contributed by atoms with Crippen molar-refractivity contribution >= 4 is 0 Å². The molecule has 0 aliphatic carbocycles. The van der Waals surface area contributed by atoms with Gasteiger partial charge in [0, 0.05) is 26.4 Å². The van der Waals surface area contributed by atoms with Gasteiger partial charge in [-0.05, 0) is 25.8 Å². The van der Waals surface area contributed by atoms with E-state index >= 15 is 0 Å². The van der Waals surface area contributed by atoms with Crippen molar-refractivity contribution in [1.82, 2.24) is 5.32 Å². The highest BCUT2D eigenvalue weighted by atomic mass is 16.7. The van der Waals surface area contributed by atoms with Gasteiger partial charge in [-0.25, -0.2) is 0 Å². The number of rotatable bonds is 1. The molecule has 1 atom stereocenters. The molecule has 0 bridgehead atoms. The zero-order chi connectivity index (χ0) is 9.64. The minimum absolute atomic E-state index is 0.0654. The fourth-order valence-electron chi connectivity index (χ4n) is 1.78. The van der Waals surface area contributed by atoms with Crippen LogP contribution in [0.25, 0.3) is 0 Å². The maximum atomic E-state index is 5.69. The lowest BCUT2D eigenvalue weighted by molar-refractivity contribution is -0.192. The van der Waals surface area contributed by atoms with Gasteiger partial charge in [-0.2, -0.15) is 0 Å². The third-order valence-corrected chi connectivity index (χ3v) is 2.58. The Hall–Kier alpha value is -0.160. The summed E-state index contributed by atoms with van der Waals surface area (Å²) in [5.74, 6) is 0. The average Bonchev–Trinajstić information content (AvgIpc) is 2.62. The van der Waals surface area contributed by atoms with Gasteiger partial charge in [-0.15, -0.1) is 0 Å². The van der Waals surface area contributed by atoms with Gasteiger partial charge in [0.25, 0.3) is 0 Å². The van der Waals surface area contributed by atoms with E-state index in [4.69, 9.17) is 14.2 Å². The van der Waals surface area contributed by atoms with Crippen molar-refractivity contribution in [3.05, 3.63) is 0 Å². The lowest BCUT2D eigenvalue weighted by Crippen LogP contribution is -2.39. The van der Waals surface area contributed by atoms with E-state index in [-0.39, 0.29) is 12.4 Å². The average molecular weight is 201 g/mol. The van der Waals surface area contributed by atoms with Crippen molar-refractivity contribution in [2.75, 3.05) is 32.9 Å². The van der Waals surface area contributed by atoms with Crippen LogP contribution in [-0.4, -0.2) is 45.3 Å². The summed E-state index contributed by atoms with van der Waals surface area (Å²) in [6.45, 7) is 4.27. The molecule has 0 radical (unpaired) electrons. The van der Waals surface area contributed by atoms with Crippen LogP contribution in [-0.2, 0) is 14.2 Å². The Kier molecular flexibility index (Phi) is 4.19. The van der Waals surface area contributed by atoms with Crippen LogP contribution in [0.1, 0.15) is 19.3 Å². The summed E-state index contributed by atoms with van der Waals surface area (Å²) in [5.41, 5.74) is 0. The van der Waals surface area contributed by atoms with E-state index in [0.717, 1.165) is 52.2 Å². The molecular formula is C10H19NO3. The lowest BCUT2D eigenvalue weighted by atomic mass is 10.3. The zero-order valence-corrected chi connectivity index (χ0v) is 8.54. The van der Waals surface area contributed by atoms with Gasteiger partial charge < -0.3 is 19.5 Å². The first-order valence-corrected chi connectivity index (χ1v) is 5.52. The van der Waals surface area contributed by atoms with Crippen molar-refractivity contribution in [2.24, 2.45) is 0 Å². The summed E-state index contributed by atoms with van der Waals surface area (Å²) in [6, 6.07) is 0. The van der Waals surface area contributed by atoms with Gasteiger partial charge in [0.05, 0.1) is 0 Å². The topological polar surface area (TPSA) is 39.7 Å². The molecule has 0 aromatic carbocycles. The van der Waals surface area contributed by atoms with Crippen molar-refractivity contribution in [2.45, 2.75) is 31.7 Å². The molecule has 0 amide bonds. The highest BCUT2D eigenvalue weighted by molar-refractivity contribution is 4.70. The summed E-state index contributed by atoms with van der Waals surface area (Å²) in [7, 11) is 0. The second-order valence-corrected chi connectivity index (χ2v) is 3.78. The first kappa shape index (κ1) is 10.4. The Morgan fingerprint density at radius 3 is 2.36 bits per heavy atom. The molecule has 2 aliphatic heterocycles. The summed E-state index contributed by atoms with van der Waals surface area (Å²) < 4.78 is 16.9. The van der Waals surface area contributed by atoms with E-state index in [1.54, 1.807) is 0 Å². The van der Waals surface area contributed by atoms with Crippen molar-refractivity contribution in [3.63, 3.8) is 0 Å². The van der Waals surface area contributed by atoms with Gasteiger partial charge in [-0.1, -0.05) is 0 Å². The van der Waals surface area contributed by atoms with Gasteiger partial charge in [0.2, 0.25) is 0 Å². The molecule has 2 saturated heterocycles. The van der Waals surface area contributed by atoms with Crippen molar-refractivity contribution in [1.29, 1.82) is 0 Å². The summed E-state index contributed by atoms with van der Waals surface area (Å²) in [4.78, 5) is 0. The van der Waals surface area contributed by atoms with E-state index in [1.165, 1.54) is 0 Å². The van der Waals surface area contributed by atoms with Gasteiger partial charge >= 0.3 is 0 Å². The van der Waals surface area contributed by atoms with Crippen molar-refractivity contribution < 1.29 is 14.2 Å². The molecule has 0 aromatic rings. The molecule has 2 fully saturated rings. The standard InChI is InChI=1S/C10H19NO3/c1-2-6-14-10(13-5-1)9-8-11-4-3-7-12-9/h9-11H,1-8H2. The zero-order valence-electron chi connectivity index (χ0n) is 8.54. The minimum atomic E-state index is -0.164. The van der Waals surface area contributed by atoms with Crippen LogP contribution >= 0.6 is 0 Å². The number of hydrogen-bond acceptors (Lipinski definition) is 4. The Labute approximate surface area is 84.9 Å². The fraction of sp³-hybridized carbons (Fsp3) is 1.00. The van der Waals surface area contributed by atoms with E-state index in [9.17, 15) is 0 Å². The van der Waals surface area contributed by atoms with Crippen LogP contribution in [0, 0.1) is 0 Å². The van der Waals surface area contributed by atoms with Gasteiger partial charge in [0.1, 0.15) is 6.10 Å². The number of hydrogen-bond donors (Lipinski definition) is 1. The maximum absolute atomic E-state index is 5.69. The van der Waals surface area contributed by atoms with Crippen LogP contribution < -0.4 is 5.32 Å². The molecule has 4 heteroatoms. The van der Waals surface area contributed by atoms with Crippen molar-refractivity contribution in [3.8, 4) is 0 Å². The molecule has 2 aliphatic rings. The highest BCUT2D eigenvalue weighted by Gasteiger charge is 2.25. The van der Waals surface area contributed by atoms with E-state index < -0.39 is 0 Å². The second-order valence-electron chi connectivity index (χ2n) is 3.78. The lowest BCUT2D eigenvalue weighted by Gasteiger charge is -2.24. The Morgan fingerprint density at radius 2 is 1.57 bits per heavy atom. The summed E-state index contributed by atoms with van der Waals surface area (Å²) >= 11 is 0. The van der Waals surface area contributed by atoms with E-state index in [1.807, 2.05) is 0 Å². The summed E-state index contributed by atoms with van der Waals surface area (Å²) in [6.07, 6.45) is 3.16. The first-order valence-electron chi connectivity index (χ1n) is 5.52. The molecule has 0 spiro atoms. The van der Waals surface area contributed by atoms with Crippen LogP contribution in [0.5, 0.6) is 0 Å². The Balaban J connectivity index is 1.83. The van der Waals surface area contributed by atoms with Crippen LogP contribution in [0.15, 0.2) is 0 Å². The van der Waals surface area contributed by atoms with Crippen LogP contribution in [0.2, 0.25) is 0 Å². The molecule has 0 saturated carbocycles. The highest BCUT2D eigenvalue weighted by Crippen LogP contribution is 2.13. The minimum Gasteiger partial charge on any atom is -0.372 e. The summed E-state index contributed by atoms with van der Waals surface area (Å²) in [5, 5.41) is 3.33. The first-order chi connectivity index (χ1) is 6.97. The molecule has 1 N–H and O–H groups in total. The number of ether oxygens (including phenoxy) is 3. The second kappa shape index (κ2) is 5.66. The molecule has 0 aromatic heterocycles. The van der Waals surface area contributed by atoms with E-state index in [0.29, 0.717) is 0 Å². The fourth-order valence-corrected chi connectivity index (χ4v) is 1.78. The molecule has 14 heavy (non-hydrogen) atoms. The van der Waals surface area contributed by atoms with E-state index in [2.05, 4.69) is 5.32 Å².